The van der Waals surface area contributed by atoms with E-state index in [1.165, 1.54) is 21.8 Å². The van der Waals surface area contributed by atoms with Crippen molar-refractivity contribution >= 4 is 59.4 Å². The van der Waals surface area contributed by atoms with Crippen molar-refractivity contribution in [1.29, 1.82) is 0 Å². The zero-order valence-corrected chi connectivity index (χ0v) is 19.2. The molecule has 0 spiro atoms. The molecule has 0 aliphatic heterocycles. The van der Waals surface area contributed by atoms with Gasteiger partial charge in [0.05, 0.1) is 18.1 Å². The fourth-order valence-electron chi connectivity index (χ4n) is 3.71. The summed E-state index contributed by atoms with van der Waals surface area (Å²) in [7, 11) is 1.70. The molecule has 3 aromatic carbocycles. The molecule has 5 heteroatoms. The molecule has 0 saturated heterocycles. The summed E-state index contributed by atoms with van der Waals surface area (Å²) in [6.07, 6.45) is 0.0921. The molecule has 28 heavy (non-hydrogen) atoms. The van der Waals surface area contributed by atoms with Gasteiger partial charge in [-0.15, -0.1) is 0 Å². The maximum Gasteiger partial charge on any atom is 0.120 e. The van der Waals surface area contributed by atoms with E-state index in [2.05, 4.69) is 98.1 Å². The second kappa shape index (κ2) is 7.80. The van der Waals surface area contributed by atoms with Crippen LogP contribution in [0.2, 0.25) is 0 Å². The monoisotopic (exact) mass is 500 g/mol. The smallest absolute Gasteiger partial charge is 0.120 e. The molecule has 144 valence electrons. The molecular weight excluding hydrogens is 480 g/mol. The lowest BCUT2D eigenvalue weighted by molar-refractivity contribution is 0.414. The van der Waals surface area contributed by atoms with E-state index in [9.17, 15) is 0 Å². The van der Waals surface area contributed by atoms with E-state index in [0.717, 1.165) is 20.4 Å². The van der Waals surface area contributed by atoms with Crippen LogP contribution in [-0.4, -0.2) is 11.7 Å². The number of anilines is 1. The molecule has 1 unspecified atom stereocenters. The highest BCUT2D eigenvalue weighted by Gasteiger charge is 2.21. The predicted octanol–water partition coefficient (Wildman–Crippen LogP) is 7.59. The van der Waals surface area contributed by atoms with E-state index in [-0.39, 0.29) is 6.17 Å². The Labute approximate surface area is 181 Å². The van der Waals surface area contributed by atoms with Crippen LogP contribution < -0.4 is 10.1 Å². The van der Waals surface area contributed by atoms with E-state index in [4.69, 9.17) is 4.74 Å². The molecule has 4 aromatic rings. The standard InChI is InChI=1S/C23H22Br2N2O/c1-14(2)23(26-17-5-4-6-18(13-17)28-3)27-21-9-7-15(24)11-19(21)20-12-16(25)8-10-22(20)27/h4-14,23,26H,1-3H3. The second-order valence-corrected chi connectivity index (χ2v) is 9.09. The van der Waals surface area contributed by atoms with Gasteiger partial charge in [0, 0.05) is 31.5 Å². The van der Waals surface area contributed by atoms with Crippen molar-refractivity contribution in [2.24, 2.45) is 5.92 Å². The molecular formula is C23H22Br2N2O. The molecule has 4 rings (SSSR count). The minimum absolute atomic E-state index is 0.0921. The number of benzene rings is 3. The largest absolute Gasteiger partial charge is 0.497 e. The summed E-state index contributed by atoms with van der Waals surface area (Å²) in [5, 5.41) is 6.21. The average molecular weight is 502 g/mol. The molecule has 1 N–H and O–H groups in total. The summed E-state index contributed by atoms with van der Waals surface area (Å²) in [5.41, 5.74) is 3.47. The molecule has 0 bridgehead atoms. The number of ether oxygens (including phenoxy) is 1. The van der Waals surface area contributed by atoms with E-state index < -0.39 is 0 Å². The van der Waals surface area contributed by atoms with Gasteiger partial charge in [-0.25, -0.2) is 0 Å². The number of fused-ring (bicyclic) bond motifs is 3. The molecule has 0 fully saturated rings. The number of nitrogens with zero attached hydrogens (tertiary/aromatic N) is 1. The first-order valence-corrected chi connectivity index (χ1v) is 10.9. The summed E-state index contributed by atoms with van der Waals surface area (Å²) < 4.78 is 9.98. The quantitative estimate of drug-likeness (QED) is 0.304. The van der Waals surface area contributed by atoms with Crippen molar-refractivity contribution in [2.75, 3.05) is 12.4 Å². The molecule has 1 atom stereocenters. The van der Waals surface area contributed by atoms with Crippen LogP contribution in [0.15, 0.2) is 69.6 Å². The molecule has 0 amide bonds. The molecule has 3 nitrogen and oxygen atoms in total. The lowest BCUT2D eigenvalue weighted by atomic mass is 10.1. The zero-order chi connectivity index (χ0) is 19.8. The highest BCUT2D eigenvalue weighted by molar-refractivity contribution is 9.10. The van der Waals surface area contributed by atoms with Crippen molar-refractivity contribution < 1.29 is 4.74 Å². The molecule has 0 radical (unpaired) electrons. The lowest BCUT2D eigenvalue weighted by Gasteiger charge is -2.27. The SMILES string of the molecule is COc1cccc(NC(C(C)C)n2c3ccc(Br)cc3c3cc(Br)ccc32)c1. The first-order chi connectivity index (χ1) is 13.5. The van der Waals surface area contributed by atoms with Crippen molar-refractivity contribution in [1.82, 2.24) is 4.57 Å². The third-order valence-electron chi connectivity index (χ3n) is 5.02. The van der Waals surface area contributed by atoms with Gasteiger partial charge in [-0.2, -0.15) is 0 Å². The molecule has 1 aromatic heterocycles. The van der Waals surface area contributed by atoms with Crippen LogP contribution in [0.3, 0.4) is 0 Å². The number of methoxy groups -OCH3 is 1. The Morgan fingerprint density at radius 1 is 0.857 bits per heavy atom. The summed E-state index contributed by atoms with van der Waals surface area (Å²) in [4.78, 5) is 0. The van der Waals surface area contributed by atoms with Gasteiger partial charge in [0.2, 0.25) is 0 Å². The molecule has 0 saturated carbocycles. The Morgan fingerprint density at radius 2 is 1.46 bits per heavy atom. The summed E-state index contributed by atoms with van der Waals surface area (Å²) >= 11 is 7.26. The third-order valence-corrected chi connectivity index (χ3v) is 6.01. The van der Waals surface area contributed by atoms with E-state index >= 15 is 0 Å². The number of rotatable bonds is 5. The second-order valence-electron chi connectivity index (χ2n) is 7.26. The van der Waals surface area contributed by atoms with E-state index in [1.54, 1.807) is 7.11 Å². The highest BCUT2D eigenvalue weighted by atomic mass is 79.9. The third kappa shape index (κ3) is 3.53. The normalized spacial score (nSPS) is 12.6. The number of hydrogen-bond acceptors (Lipinski definition) is 2. The van der Waals surface area contributed by atoms with Crippen LogP contribution in [-0.2, 0) is 0 Å². The van der Waals surface area contributed by atoms with Gasteiger partial charge >= 0.3 is 0 Å². The molecule has 1 heterocycles. The van der Waals surface area contributed by atoms with Gasteiger partial charge in [0.15, 0.2) is 0 Å². The predicted molar refractivity (Wildman–Crippen MR) is 125 cm³/mol. The fourth-order valence-corrected chi connectivity index (χ4v) is 4.43. The maximum atomic E-state index is 5.40. The summed E-state index contributed by atoms with van der Waals surface area (Å²) in [6, 6.07) is 21.1. The Morgan fingerprint density at radius 3 is 2.00 bits per heavy atom. The number of halogens is 2. The Balaban J connectivity index is 1.92. The summed E-state index contributed by atoms with van der Waals surface area (Å²) in [5.74, 6) is 1.22. The maximum absolute atomic E-state index is 5.40. The van der Waals surface area contributed by atoms with Gasteiger partial charge < -0.3 is 14.6 Å². The lowest BCUT2D eigenvalue weighted by Crippen LogP contribution is -2.23. The minimum Gasteiger partial charge on any atom is -0.497 e. The van der Waals surface area contributed by atoms with Gasteiger partial charge in [-0.3, -0.25) is 0 Å². The van der Waals surface area contributed by atoms with Gasteiger partial charge in [0.25, 0.3) is 0 Å². The number of hydrogen-bond donors (Lipinski definition) is 1. The van der Waals surface area contributed by atoms with Crippen LogP contribution in [0.4, 0.5) is 5.69 Å². The molecule has 0 aliphatic rings. The van der Waals surface area contributed by atoms with E-state index in [1.807, 2.05) is 18.2 Å². The fraction of sp³-hybridized carbons (Fsp3) is 0.217. The van der Waals surface area contributed by atoms with Crippen molar-refractivity contribution in [3.05, 3.63) is 69.6 Å². The van der Waals surface area contributed by atoms with Crippen molar-refractivity contribution in [3.63, 3.8) is 0 Å². The topological polar surface area (TPSA) is 26.2 Å². The van der Waals surface area contributed by atoms with Crippen LogP contribution in [0.25, 0.3) is 21.8 Å². The molecule has 0 aliphatic carbocycles. The van der Waals surface area contributed by atoms with E-state index in [0.29, 0.717) is 5.92 Å². The van der Waals surface area contributed by atoms with Crippen LogP contribution in [0.5, 0.6) is 5.75 Å². The number of nitrogens with one attached hydrogen (secondary N) is 1. The van der Waals surface area contributed by atoms with Gasteiger partial charge in [-0.05, 0) is 54.4 Å². The van der Waals surface area contributed by atoms with Crippen molar-refractivity contribution in [3.8, 4) is 5.75 Å². The van der Waals surface area contributed by atoms with Crippen molar-refractivity contribution in [2.45, 2.75) is 20.0 Å². The Kier molecular flexibility index (Phi) is 5.39. The summed E-state index contributed by atoms with van der Waals surface area (Å²) in [6.45, 7) is 4.49. The number of aromatic nitrogens is 1. The van der Waals surface area contributed by atoms with Gasteiger partial charge in [0.1, 0.15) is 11.9 Å². The van der Waals surface area contributed by atoms with Gasteiger partial charge in [-0.1, -0.05) is 51.8 Å². The highest BCUT2D eigenvalue weighted by Crippen LogP contribution is 2.37. The Hall–Kier alpha value is -1.98. The van der Waals surface area contributed by atoms with Crippen LogP contribution in [0.1, 0.15) is 20.0 Å². The average Bonchev–Trinajstić information content (AvgIpc) is 2.98. The first-order valence-electron chi connectivity index (χ1n) is 9.27. The van der Waals surface area contributed by atoms with Crippen LogP contribution >= 0.6 is 31.9 Å². The van der Waals surface area contributed by atoms with Crippen LogP contribution in [0, 0.1) is 5.92 Å². The minimum atomic E-state index is 0.0921. The zero-order valence-electron chi connectivity index (χ0n) is 16.0. The first kappa shape index (κ1) is 19.3. The Bertz CT molecular complexity index is 1090.